The van der Waals surface area contributed by atoms with Gasteiger partial charge in [-0.15, -0.1) is 0 Å². The fraction of sp³-hybridized carbons (Fsp3) is 0.550. The highest BCUT2D eigenvalue weighted by atomic mass is 16.5. The van der Waals surface area contributed by atoms with Crippen LogP contribution < -0.4 is 9.47 Å². The van der Waals surface area contributed by atoms with Crippen LogP contribution in [0.5, 0.6) is 11.5 Å². The van der Waals surface area contributed by atoms with E-state index >= 15 is 0 Å². The van der Waals surface area contributed by atoms with Crippen LogP contribution in [0.25, 0.3) is 6.08 Å². The highest BCUT2D eigenvalue weighted by Gasteiger charge is 2.21. The van der Waals surface area contributed by atoms with Gasteiger partial charge in [0.1, 0.15) is 0 Å². The number of methoxy groups -OCH3 is 1. The Kier molecular flexibility index (Phi) is 7.31. The quantitative estimate of drug-likeness (QED) is 0.708. The molecule has 0 unspecified atom stereocenters. The van der Waals surface area contributed by atoms with E-state index in [1.54, 1.807) is 13.2 Å². The van der Waals surface area contributed by atoms with Crippen molar-refractivity contribution in [2.45, 2.75) is 45.8 Å². The topological polar surface area (TPSA) is 48.0 Å². The van der Waals surface area contributed by atoms with Gasteiger partial charge in [-0.05, 0) is 57.4 Å². The van der Waals surface area contributed by atoms with Gasteiger partial charge >= 0.3 is 0 Å². The van der Waals surface area contributed by atoms with Crippen molar-refractivity contribution in [2.75, 3.05) is 26.8 Å². The summed E-state index contributed by atoms with van der Waals surface area (Å²) in [6.07, 6.45) is 5.62. The Morgan fingerprint density at radius 2 is 2.00 bits per heavy atom. The lowest BCUT2D eigenvalue weighted by molar-refractivity contribution is -0.128. The lowest BCUT2D eigenvalue weighted by atomic mass is 10.1. The van der Waals surface area contributed by atoms with Crippen molar-refractivity contribution in [1.82, 2.24) is 4.90 Å². The Morgan fingerprint density at radius 3 is 2.60 bits per heavy atom. The number of rotatable bonds is 7. The molecule has 2 rings (SSSR count). The SMILES string of the molecule is CCOC1CCN(C(=O)/C=C\c2ccc(OC(C)C)c(OC)c2)CC1. The molecule has 0 radical (unpaired) electrons. The van der Waals surface area contributed by atoms with Crippen LogP contribution in [0.3, 0.4) is 0 Å². The van der Waals surface area contributed by atoms with Gasteiger partial charge in [-0.3, -0.25) is 4.79 Å². The molecule has 1 saturated heterocycles. The summed E-state index contributed by atoms with van der Waals surface area (Å²) >= 11 is 0. The smallest absolute Gasteiger partial charge is 0.246 e. The molecule has 5 nitrogen and oxygen atoms in total. The van der Waals surface area contributed by atoms with Gasteiger partial charge in [-0.1, -0.05) is 6.07 Å². The van der Waals surface area contributed by atoms with E-state index in [4.69, 9.17) is 14.2 Å². The molecule has 1 aromatic rings. The van der Waals surface area contributed by atoms with E-state index in [0.29, 0.717) is 11.5 Å². The Morgan fingerprint density at radius 1 is 1.28 bits per heavy atom. The molecule has 0 N–H and O–H groups in total. The molecule has 0 saturated carbocycles. The van der Waals surface area contributed by atoms with E-state index in [1.807, 2.05) is 49.9 Å². The summed E-state index contributed by atoms with van der Waals surface area (Å²) in [5, 5.41) is 0. The molecule has 0 bridgehead atoms. The minimum Gasteiger partial charge on any atom is -0.493 e. The molecular formula is C20H29NO4. The molecule has 0 aliphatic carbocycles. The fourth-order valence-electron chi connectivity index (χ4n) is 2.89. The highest BCUT2D eigenvalue weighted by Crippen LogP contribution is 2.29. The molecular weight excluding hydrogens is 318 g/mol. The Balaban J connectivity index is 1.96. The van der Waals surface area contributed by atoms with Crippen molar-refractivity contribution in [3.63, 3.8) is 0 Å². The standard InChI is InChI=1S/C20H29NO4/c1-5-24-17-10-12-21(13-11-17)20(22)9-7-16-6-8-18(25-15(2)3)19(14-16)23-4/h6-9,14-15,17H,5,10-13H2,1-4H3/b9-7-. The van der Waals surface area contributed by atoms with Crippen LogP contribution in [-0.4, -0.2) is 49.8 Å². The van der Waals surface area contributed by atoms with Crippen LogP contribution in [-0.2, 0) is 9.53 Å². The van der Waals surface area contributed by atoms with Crippen molar-refractivity contribution >= 4 is 12.0 Å². The Labute approximate surface area is 150 Å². The molecule has 0 atom stereocenters. The number of ether oxygens (including phenoxy) is 3. The first-order valence-corrected chi connectivity index (χ1v) is 8.96. The van der Waals surface area contributed by atoms with E-state index in [1.165, 1.54) is 0 Å². The number of hydrogen-bond acceptors (Lipinski definition) is 4. The summed E-state index contributed by atoms with van der Waals surface area (Å²) in [5.74, 6) is 1.41. The molecule has 25 heavy (non-hydrogen) atoms. The summed E-state index contributed by atoms with van der Waals surface area (Å²) in [6.45, 7) is 8.18. The van der Waals surface area contributed by atoms with Crippen LogP contribution in [0.1, 0.15) is 39.2 Å². The first-order valence-electron chi connectivity index (χ1n) is 8.96. The van der Waals surface area contributed by atoms with Crippen LogP contribution >= 0.6 is 0 Å². The molecule has 0 spiro atoms. The molecule has 1 aromatic carbocycles. The molecule has 1 fully saturated rings. The average molecular weight is 347 g/mol. The van der Waals surface area contributed by atoms with Gasteiger partial charge < -0.3 is 19.1 Å². The molecule has 1 heterocycles. The summed E-state index contributed by atoms with van der Waals surface area (Å²) < 4.78 is 16.7. The number of carbonyl (C=O) groups is 1. The molecule has 1 aliphatic heterocycles. The Hall–Kier alpha value is -2.01. The largest absolute Gasteiger partial charge is 0.493 e. The summed E-state index contributed by atoms with van der Waals surface area (Å²) in [7, 11) is 1.61. The second kappa shape index (κ2) is 9.47. The van der Waals surface area contributed by atoms with Crippen molar-refractivity contribution in [1.29, 1.82) is 0 Å². The number of nitrogens with zero attached hydrogens (tertiary/aromatic N) is 1. The summed E-state index contributed by atoms with van der Waals surface area (Å²) in [5.41, 5.74) is 0.908. The van der Waals surface area contributed by atoms with E-state index in [-0.39, 0.29) is 18.1 Å². The number of piperidine rings is 1. The number of amides is 1. The predicted octanol–water partition coefficient (Wildman–Crippen LogP) is 3.52. The monoisotopic (exact) mass is 347 g/mol. The maximum atomic E-state index is 12.3. The second-order valence-electron chi connectivity index (χ2n) is 6.39. The van der Waals surface area contributed by atoms with Gasteiger partial charge in [-0.2, -0.15) is 0 Å². The van der Waals surface area contributed by atoms with Gasteiger partial charge in [0.2, 0.25) is 5.91 Å². The van der Waals surface area contributed by atoms with Crippen LogP contribution in [0.15, 0.2) is 24.3 Å². The summed E-state index contributed by atoms with van der Waals surface area (Å²) in [6, 6.07) is 5.67. The minimum absolute atomic E-state index is 0.0384. The number of hydrogen-bond donors (Lipinski definition) is 0. The number of benzene rings is 1. The molecule has 1 amide bonds. The van der Waals surface area contributed by atoms with E-state index in [2.05, 4.69) is 0 Å². The normalized spacial score (nSPS) is 15.8. The number of likely N-dealkylation sites (tertiary alicyclic amines) is 1. The summed E-state index contributed by atoms with van der Waals surface area (Å²) in [4.78, 5) is 14.2. The van der Waals surface area contributed by atoms with Crippen LogP contribution in [0, 0.1) is 0 Å². The van der Waals surface area contributed by atoms with E-state index in [9.17, 15) is 4.79 Å². The van der Waals surface area contributed by atoms with E-state index in [0.717, 1.165) is 38.1 Å². The van der Waals surface area contributed by atoms with Crippen molar-refractivity contribution in [3.8, 4) is 11.5 Å². The van der Waals surface area contributed by atoms with Gasteiger partial charge in [-0.25, -0.2) is 0 Å². The van der Waals surface area contributed by atoms with Gasteiger partial charge in [0.15, 0.2) is 11.5 Å². The third-order valence-corrected chi connectivity index (χ3v) is 4.12. The average Bonchev–Trinajstić information content (AvgIpc) is 2.61. The Bertz CT molecular complexity index is 589. The van der Waals surface area contributed by atoms with Crippen molar-refractivity contribution < 1.29 is 19.0 Å². The minimum atomic E-state index is 0.0384. The first-order chi connectivity index (χ1) is 12.0. The van der Waals surface area contributed by atoms with Crippen molar-refractivity contribution in [3.05, 3.63) is 29.8 Å². The van der Waals surface area contributed by atoms with Crippen molar-refractivity contribution in [2.24, 2.45) is 0 Å². The molecule has 138 valence electrons. The molecule has 5 heteroatoms. The fourth-order valence-corrected chi connectivity index (χ4v) is 2.89. The predicted molar refractivity (Wildman–Crippen MR) is 99.0 cm³/mol. The van der Waals surface area contributed by atoms with Gasteiger partial charge in [0.25, 0.3) is 0 Å². The van der Waals surface area contributed by atoms with Crippen LogP contribution in [0.2, 0.25) is 0 Å². The number of carbonyl (C=O) groups excluding carboxylic acids is 1. The zero-order valence-corrected chi connectivity index (χ0v) is 15.7. The van der Waals surface area contributed by atoms with E-state index < -0.39 is 0 Å². The van der Waals surface area contributed by atoms with Gasteiger partial charge in [0.05, 0.1) is 19.3 Å². The zero-order chi connectivity index (χ0) is 18.2. The van der Waals surface area contributed by atoms with Gasteiger partial charge in [0, 0.05) is 25.8 Å². The van der Waals surface area contributed by atoms with Crippen LogP contribution in [0.4, 0.5) is 0 Å². The maximum absolute atomic E-state index is 12.3. The lowest BCUT2D eigenvalue weighted by Gasteiger charge is -2.31. The molecule has 0 aromatic heterocycles. The zero-order valence-electron chi connectivity index (χ0n) is 15.7. The highest BCUT2D eigenvalue weighted by molar-refractivity contribution is 5.91. The second-order valence-corrected chi connectivity index (χ2v) is 6.39. The maximum Gasteiger partial charge on any atom is 0.246 e. The third-order valence-electron chi connectivity index (χ3n) is 4.12. The third kappa shape index (κ3) is 5.78. The first kappa shape index (κ1) is 19.3. The molecule has 1 aliphatic rings. The lowest BCUT2D eigenvalue weighted by Crippen LogP contribution is -2.40.